The summed E-state index contributed by atoms with van der Waals surface area (Å²) < 4.78 is 9.21. The number of hydrogen-bond donors (Lipinski definition) is 0. The maximum Gasteiger partial charge on any atom is 0.507 e. The molecule has 0 spiro atoms. The molecule has 0 aliphatic carbocycles. The topological polar surface area (TPSA) is 35.5 Å². The zero-order chi connectivity index (χ0) is 9.56. The van der Waals surface area contributed by atoms with Crippen molar-refractivity contribution < 1.29 is 14.3 Å². The van der Waals surface area contributed by atoms with E-state index in [1.165, 1.54) is 7.11 Å². The number of carbonyl (C=O) groups excluding carboxylic acids is 1. The quantitative estimate of drug-likeness (QED) is 0.614. The molecule has 0 rings (SSSR count). The second-order valence-electron chi connectivity index (χ2n) is 3.18. The predicted molar refractivity (Wildman–Crippen MR) is 47.0 cm³/mol. The smallest absolute Gasteiger partial charge is 0.438 e. The van der Waals surface area contributed by atoms with E-state index < -0.39 is 6.16 Å². The van der Waals surface area contributed by atoms with Crippen LogP contribution in [0.2, 0.25) is 0 Å². The van der Waals surface area contributed by atoms with E-state index in [4.69, 9.17) is 4.74 Å². The molecule has 1 unspecified atom stereocenters. The van der Waals surface area contributed by atoms with Gasteiger partial charge in [0.05, 0.1) is 13.7 Å². The van der Waals surface area contributed by atoms with Gasteiger partial charge in [0.25, 0.3) is 0 Å². The van der Waals surface area contributed by atoms with Crippen molar-refractivity contribution in [3.8, 4) is 0 Å². The minimum atomic E-state index is -0.589. The van der Waals surface area contributed by atoms with Crippen LogP contribution in [0, 0.1) is 11.8 Å². The Morgan fingerprint density at radius 3 is 2.33 bits per heavy atom. The average molecular weight is 174 g/mol. The van der Waals surface area contributed by atoms with Gasteiger partial charge in [0, 0.05) is 0 Å². The minimum Gasteiger partial charge on any atom is -0.438 e. The Kier molecular flexibility index (Phi) is 5.51. The van der Waals surface area contributed by atoms with E-state index in [9.17, 15) is 4.79 Å². The van der Waals surface area contributed by atoms with Crippen LogP contribution in [0.5, 0.6) is 0 Å². The molecule has 0 N–H and O–H groups in total. The van der Waals surface area contributed by atoms with Gasteiger partial charge in [-0.2, -0.15) is 0 Å². The summed E-state index contributed by atoms with van der Waals surface area (Å²) in [5, 5.41) is 0. The van der Waals surface area contributed by atoms with Gasteiger partial charge in [0.2, 0.25) is 0 Å². The Labute approximate surface area is 74.0 Å². The third-order valence-electron chi connectivity index (χ3n) is 2.05. The molecule has 3 nitrogen and oxygen atoms in total. The van der Waals surface area contributed by atoms with E-state index in [1.807, 2.05) is 0 Å². The lowest BCUT2D eigenvalue weighted by atomic mass is 9.94. The molecule has 72 valence electrons. The number of carbonyl (C=O) groups is 1. The van der Waals surface area contributed by atoms with Crippen LogP contribution in [0.3, 0.4) is 0 Å². The number of hydrogen-bond acceptors (Lipinski definition) is 3. The molecule has 12 heavy (non-hydrogen) atoms. The molecule has 0 amide bonds. The van der Waals surface area contributed by atoms with Gasteiger partial charge in [-0.25, -0.2) is 4.79 Å². The first-order valence-corrected chi connectivity index (χ1v) is 4.32. The summed E-state index contributed by atoms with van der Waals surface area (Å²) in [6.07, 6.45) is 0.434. The van der Waals surface area contributed by atoms with Crippen LogP contribution in [0.25, 0.3) is 0 Å². The van der Waals surface area contributed by atoms with E-state index >= 15 is 0 Å². The summed E-state index contributed by atoms with van der Waals surface area (Å²) in [6, 6.07) is 0. The molecule has 3 heteroatoms. The normalized spacial score (nSPS) is 12.8. The molecule has 0 aliphatic rings. The van der Waals surface area contributed by atoms with Crippen LogP contribution >= 0.6 is 0 Å². The highest BCUT2D eigenvalue weighted by molar-refractivity contribution is 5.59. The molecular formula is C9H18O3. The van der Waals surface area contributed by atoms with Crippen molar-refractivity contribution in [2.45, 2.75) is 27.2 Å². The fourth-order valence-electron chi connectivity index (χ4n) is 1.02. The molecule has 1 atom stereocenters. The number of rotatable bonds is 4. The molecule has 0 radical (unpaired) electrons. The lowest BCUT2D eigenvalue weighted by Gasteiger charge is -2.17. The maximum absolute atomic E-state index is 10.6. The third kappa shape index (κ3) is 4.21. The molecule has 0 saturated carbocycles. The van der Waals surface area contributed by atoms with E-state index in [-0.39, 0.29) is 0 Å². The van der Waals surface area contributed by atoms with E-state index in [1.54, 1.807) is 0 Å². The van der Waals surface area contributed by atoms with E-state index in [0.717, 1.165) is 6.42 Å². The van der Waals surface area contributed by atoms with Crippen molar-refractivity contribution in [2.75, 3.05) is 13.7 Å². The molecule has 0 aliphatic heterocycles. The Morgan fingerprint density at radius 2 is 2.00 bits per heavy atom. The van der Waals surface area contributed by atoms with Gasteiger partial charge >= 0.3 is 6.16 Å². The van der Waals surface area contributed by atoms with Crippen molar-refractivity contribution in [3.05, 3.63) is 0 Å². The van der Waals surface area contributed by atoms with E-state index in [0.29, 0.717) is 18.4 Å². The van der Waals surface area contributed by atoms with Crippen molar-refractivity contribution in [1.29, 1.82) is 0 Å². The van der Waals surface area contributed by atoms with Crippen LogP contribution in [-0.4, -0.2) is 19.9 Å². The summed E-state index contributed by atoms with van der Waals surface area (Å²) in [5.41, 5.74) is 0. The van der Waals surface area contributed by atoms with Crippen LogP contribution in [-0.2, 0) is 9.47 Å². The second-order valence-corrected chi connectivity index (χ2v) is 3.18. The highest BCUT2D eigenvalue weighted by Crippen LogP contribution is 2.14. The molecule has 0 bridgehead atoms. The molecule has 0 fully saturated rings. The minimum absolute atomic E-state index is 0.434. The molecule has 0 aromatic carbocycles. The first-order chi connectivity index (χ1) is 5.61. The summed E-state index contributed by atoms with van der Waals surface area (Å²) in [6.45, 7) is 6.79. The van der Waals surface area contributed by atoms with E-state index in [2.05, 4.69) is 25.5 Å². The maximum atomic E-state index is 10.6. The van der Waals surface area contributed by atoms with Gasteiger partial charge in [-0.3, -0.25) is 0 Å². The van der Waals surface area contributed by atoms with Crippen LogP contribution in [0.1, 0.15) is 27.2 Å². The Hall–Kier alpha value is -0.730. The third-order valence-corrected chi connectivity index (χ3v) is 2.05. The van der Waals surface area contributed by atoms with Gasteiger partial charge in [0.1, 0.15) is 0 Å². The van der Waals surface area contributed by atoms with Crippen molar-refractivity contribution in [1.82, 2.24) is 0 Å². The highest BCUT2D eigenvalue weighted by Gasteiger charge is 2.13. The van der Waals surface area contributed by atoms with Crippen molar-refractivity contribution in [2.24, 2.45) is 11.8 Å². The zero-order valence-electron chi connectivity index (χ0n) is 8.29. The zero-order valence-corrected chi connectivity index (χ0v) is 8.29. The Balaban J connectivity index is 3.65. The highest BCUT2D eigenvalue weighted by atomic mass is 16.7. The average Bonchev–Trinajstić information content (AvgIpc) is 2.04. The van der Waals surface area contributed by atoms with Gasteiger partial charge in [-0.1, -0.05) is 20.8 Å². The summed E-state index contributed by atoms with van der Waals surface area (Å²) in [4.78, 5) is 10.6. The van der Waals surface area contributed by atoms with Crippen LogP contribution in [0.15, 0.2) is 0 Å². The fourth-order valence-corrected chi connectivity index (χ4v) is 1.02. The van der Waals surface area contributed by atoms with Crippen molar-refractivity contribution in [3.63, 3.8) is 0 Å². The molecule has 0 aromatic heterocycles. The first-order valence-electron chi connectivity index (χ1n) is 4.32. The fraction of sp³-hybridized carbons (Fsp3) is 0.889. The predicted octanol–water partition coefficient (Wildman–Crippen LogP) is 2.45. The molecular weight excluding hydrogens is 156 g/mol. The first kappa shape index (κ1) is 11.3. The molecule has 0 saturated heterocycles. The van der Waals surface area contributed by atoms with Gasteiger partial charge < -0.3 is 9.47 Å². The summed E-state index contributed by atoms with van der Waals surface area (Å²) in [7, 11) is 1.32. The SMILES string of the molecule is CCC(COC(=O)OC)C(C)C. The number of ether oxygens (including phenoxy) is 2. The lowest BCUT2D eigenvalue weighted by Crippen LogP contribution is -2.17. The van der Waals surface area contributed by atoms with Crippen molar-refractivity contribution >= 4 is 6.16 Å². The monoisotopic (exact) mass is 174 g/mol. The van der Waals surface area contributed by atoms with Crippen LogP contribution in [0.4, 0.5) is 4.79 Å². The van der Waals surface area contributed by atoms with Gasteiger partial charge in [0.15, 0.2) is 0 Å². The standard InChI is InChI=1S/C9H18O3/c1-5-8(7(2)3)6-12-9(10)11-4/h7-8H,5-6H2,1-4H3. The number of methoxy groups -OCH3 is 1. The summed E-state index contributed by atoms with van der Waals surface area (Å²) in [5.74, 6) is 0.976. The Morgan fingerprint density at radius 1 is 1.42 bits per heavy atom. The Bertz CT molecular complexity index is 132. The van der Waals surface area contributed by atoms with Gasteiger partial charge in [-0.05, 0) is 18.3 Å². The lowest BCUT2D eigenvalue weighted by molar-refractivity contribution is 0.0527. The van der Waals surface area contributed by atoms with Gasteiger partial charge in [-0.15, -0.1) is 0 Å². The largest absolute Gasteiger partial charge is 0.507 e. The summed E-state index contributed by atoms with van der Waals surface area (Å²) >= 11 is 0. The molecule has 0 heterocycles. The van der Waals surface area contributed by atoms with Crippen LogP contribution < -0.4 is 0 Å². The molecule has 0 aromatic rings. The second kappa shape index (κ2) is 5.86.